The summed E-state index contributed by atoms with van der Waals surface area (Å²) in [5.41, 5.74) is 1.58. The van der Waals surface area contributed by atoms with Gasteiger partial charge in [-0.05, 0) is 17.0 Å². The van der Waals surface area contributed by atoms with Crippen molar-refractivity contribution in [1.29, 1.82) is 0 Å². The molecule has 2 N–H and O–H groups in total. The first-order valence-electron chi connectivity index (χ1n) is 9.39. The number of hydrogen-bond donors (Lipinski definition) is 2. The van der Waals surface area contributed by atoms with E-state index in [1.54, 1.807) is 18.0 Å². The molecule has 1 saturated heterocycles. The van der Waals surface area contributed by atoms with Gasteiger partial charge in [0.25, 0.3) is 0 Å². The van der Waals surface area contributed by atoms with Gasteiger partial charge in [0.15, 0.2) is 0 Å². The van der Waals surface area contributed by atoms with Crippen LogP contribution in [0.15, 0.2) is 36.5 Å². The van der Waals surface area contributed by atoms with E-state index in [1.165, 1.54) is 13.3 Å². The van der Waals surface area contributed by atoms with E-state index >= 15 is 0 Å². The monoisotopic (exact) mass is 416 g/mol. The molecule has 154 valence electrons. The smallest absolute Gasteiger partial charge is 0.317 e. The van der Waals surface area contributed by atoms with E-state index in [0.29, 0.717) is 11.4 Å². The van der Waals surface area contributed by atoms with Crippen molar-refractivity contribution in [3.05, 3.63) is 52.8 Å². The van der Waals surface area contributed by atoms with Crippen molar-refractivity contribution in [1.82, 2.24) is 15.2 Å². The molecule has 0 radical (unpaired) electrons. The van der Waals surface area contributed by atoms with Crippen molar-refractivity contribution in [3.8, 4) is 5.75 Å². The fraction of sp³-hybridized carbons (Fsp3) is 0.381. The average Bonchev–Trinajstić information content (AvgIpc) is 2.68. The number of aromatic nitrogens is 1. The van der Waals surface area contributed by atoms with E-state index in [9.17, 15) is 9.59 Å². The van der Waals surface area contributed by atoms with Gasteiger partial charge in [-0.15, -0.1) is 0 Å². The second-order valence-corrected chi connectivity index (χ2v) is 7.78. The van der Waals surface area contributed by atoms with Crippen molar-refractivity contribution >= 4 is 29.2 Å². The maximum Gasteiger partial charge on any atom is 0.317 e. The Labute approximate surface area is 175 Å². The van der Waals surface area contributed by atoms with E-state index in [2.05, 4.69) is 29.5 Å². The van der Waals surface area contributed by atoms with Gasteiger partial charge in [0.2, 0.25) is 5.91 Å². The lowest BCUT2D eigenvalue weighted by atomic mass is 9.69. The lowest BCUT2D eigenvalue weighted by Gasteiger charge is -2.49. The van der Waals surface area contributed by atoms with Gasteiger partial charge in [0.05, 0.1) is 13.3 Å². The number of ether oxygens (including phenoxy) is 1. The Morgan fingerprint density at radius 2 is 1.97 bits per heavy atom. The maximum atomic E-state index is 13.5. The van der Waals surface area contributed by atoms with Crippen LogP contribution in [0.2, 0.25) is 5.15 Å². The molecule has 0 bridgehead atoms. The molecule has 3 rings (SSSR count). The van der Waals surface area contributed by atoms with E-state index in [-0.39, 0.29) is 36.1 Å². The molecule has 1 aromatic carbocycles. The number of nitrogens with one attached hydrogen (secondary N) is 2. The lowest BCUT2D eigenvalue weighted by molar-refractivity contribution is -0.126. The van der Waals surface area contributed by atoms with Gasteiger partial charge in [0, 0.05) is 26.2 Å². The van der Waals surface area contributed by atoms with E-state index in [4.69, 9.17) is 16.3 Å². The number of nitrogens with zero attached hydrogens (tertiary/aromatic N) is 2. The molecule has 1 aliphatic rings. The molecule has 0 atom stereocenters. The zero-order valence-electron chi connectivity index (χ0n) is 17.0. The molecule has 0 unspecified atom stereocenters. The number of urea groups is 1. The van der Waals surface area contributed by atoms with Gasteiger partial charge in [-0.2, -0.15) is 0 Å². The Morgan fingerprint density at radius 1 is 1.28 bits per heavy atom. The highest BCUT2D eigenvalue weighted by Crippen LogP contribution is 2.40. The summed E-state index contributed by atoms with van der Waals surface area (Å²) in [6.07, 6.45) is 1.47. The van der Waals surface area contributed by atoms with Crippen molar-refractivity contribution < 1.29 is 14.3 Å². The molecule has 1 aromatic heterocycles. The third-order valence-corrected chi connectivity index (χ3v) is 5.46. The minimum Gasteiger partial charge on any atom is -0.494 e. The molecule has 1 aliphatic heterocycles. The fourth-order valence-corrected chi connectivity index (χ4v) is 3.85. The van der Waals surface area contributed by atoms with Gasteiger partial charge >= 0.3 is 6.03 Å². The third-order valence-electron chi connectivity index (χ3n) is 5.26. The summed E-state index contributed by atoms with van der Waals surface area (Å²) in [5.74, 6) is 0.443. The van der Waals surface area contributed by atoms with Crippen molar-refractivity contribution in [2.45, 2.75) is 25.2 Å². The Balaban J connectivity index is 1.99. The Bertz CT molecular complexity index is 926. The molecule has 0 saturated carbocycles. The minimum atomic E-state index is -0.863. The molecule has 0 aliphatic carbocycles. The highest BCUT2D eigenvalue weighted by Gasteiger charge is 2.53. The highest BCUT2D eigenvalue weighted by molar-refractivity contribution is 6.29. The SMILES string of the molecule is CNC(=O)N1CC(C(=O)Nc2cnc(Cl)cc2OC)(c2ccccc2C(C)C)C1. The van der Waals surface area contributed by atoms with Gasteiger partial charge in [0.1, 0.15) is 22.0 Å². The van der Waals surface area contributed by atoms with Crippen molar-refractivity contribution in [2.24, 2.45) is 0 Å². The molecule has 0 spiro atoms. The van der Waals surface area contributed by atoms with Crippen LogP contribution in [0, 0.1) is 0 Å². The normalized spacial score (nSPS) is 14.9. The number of methoxy groups -OCH3 is 1. The van der Waals surface area contributed by atoms with Crippen molar-refractivity contribution in [3.63, 3.8) is 0 Å². The number of likely N-dealkylation sites (tertiary alicyclic amines) is 1. The maximum absolute atomic E-state index is 13.5. The van der Waals surface area contributed by atoms with Crippen LogP contribution in [0.1, 0.15) is 30.9 Å². The first-order valence-corrected chi connectivity index (χ1v) is 9.77. The Hall–Kier alpha value is -2.80. The summed E-state index contributed by atoms with van der Waals surface area (Å²) >= 11 is 5.93. The van der Waals surface area contributed by atoms with E-state index in [0.717, 1.165) is 11.1 Å². The van der Waals surface area contributed by atoms with Crippen LogP contribution in [-0.4, -0.2) is 49.1 Å². The number of rotatable bonds is 5. The Kier molecular flexibility index (Phi) is 5.98. The predicted molar refractivity (Wildman–Crippen MR) is 113 cm³/mol. The number of pyridine rings is 1. The largest absolute Gasteiger partial charge is 0.494 e. The van der Waals surface area contributed by atoms with Crippen LogP contribution in [0.25, 0.3) is 0 Å². The first-order chi connectivity index (χ1) is 13.8. The number of carbonyl (C=O) groups excluding carboxylic acids is 2. The summed E-state index contributed by atoms with van der Waals surface area (Å²) in [4.78, 5) is 31.3. The predicted octanol–water partition coefficient (Wildman–Crippen LogP) is 3.40. The van der Waals surface area contributed by atoms with Crippen molar-refractivity contribution in [2.75, 3.05) is 32.6 Å². The molecular weight excluding hydrogens is 392 g/mol. The molecule has 3 amide bonds. The summed E-state index contributed by atoms with van der Waals surface area (Å²) in [6, 6.07) is 9.22. The highest BCUT2D eigenvalue weighted by atomic mass is 35.5. The third kappa shape index (κ3) is 3.87. The minimum absolute atomic E-state index is 0.207. The molecule has 8 heteroatoms. The molecule has 2 heterocycles. The Morgan fingerprint density at radius 3 is 2.59 bits per heavy atom. The van der Waals surface area contributed by atoms with Crippen LogP contribution in [0.4, 0.5) is 10.5 Å². The van der Waals surface area contributed by atoms with Gasteiger partial charge in [-0.3, -0.25) is 4.79 Å². The standard InChI is InChI=1S/C21H25ClN4O3/c1-13(2)14-7-5-6-8-15(14)21(11-26(12-21)20(28)23-3)19(27)25-16-10-24-18(22)9-17(16)29-4/h5-10,13H,11-12H2,1-4H3,(H,23,28)(H,25,27). The van der Waals surface area contributed by atoms with E-state index in [1.807, 2.05) is 24.3 Å². The molecule has 2 aromatic rings. The zero-order valence-corrected chi connectivity index (χ0v) is 17.7. The molecular formula is C21H25ClN4O3. The van der Waals surface area contributed by atoms with E-state index < -0.39 is 5.41 Å². The summed E-state index contributed by atoms with van der Waals surface area (Å²) in [6.45, 7) is 4.74. The number of anilines is 1. The van der Waals surface area contributed by atoms with Crippen LogP contribution in [0.3, 0.4) is 0 Å². The quantitative estimate of drug-likeness (QED) is 0.732. The van der Waals surface area contributed by atoms with Gasteiger partial charge < -0.3 is 20.3 Å². The number of carbonyl (C=O) groups is 2. The molecule has 29 heavy (non-hydrogen) atoms. The summed E-state index contributed by atoms with van der Waals surface area (Å²) in [7, 11) is 3.08. The number of hydrogen-bond acceptors (Lipinski definition) is 4. The topological polar surface area (TPSA) is 83.6 Å². The van der Waals surface area contributed by atoms with Gasteiger partial charge in [-0.1, -0.05) is 49.7 Å². The first kappa shape index (κ1) is 20.9. The summed E-state index contributed by atoms with van der Waals surface area (Å²) in [5, 5.41) is 5.82. The van der Waals surface area contributed by atoms with Crippen LogP contribution >= 0.6 is 11.6 Å². The molecule has 1 fully saturated rings. The second-order valence-electron chi connectivity index (χ2n) is 7.40. The van der Waals surface area contributed by atoms with Gasteiger partial charge in [-0.25, -0.2) is 9.78 Å². The zero-order chi connectivity index (χ0) is 21.2. The lowest BCUT2D eigenvalue weighted by Crippen LogP contribution is -2.67. The van der Waals surface area contributed by atoms with Crippen LogP contribution in [-0.2, 0) is 10.2 Å². The van der Waals surface area contributed by atoms with Crippen LogP contribution in [0.5, 0.6) is 5.75 Å². The summed E-state index contributed by atoms with van der Waals surface area (Å²) < 4.78 is 5.32. The van der Waals surface area contributed by atoms with Crippen LogP contribution < -0.4 is 15.4 Å². The number of amides is 3. The second kappa shape index (κ2) is 8.29. The molecule has 7 nitrogen and oxygen atoms in total. The number of benzene rings is 1. The average molecular weight is 417 g/mol. The number of halogens is 1. The fourth-order valence-electron chi connectivity index (χ4n) is 3.70.